The summed E-state index contributed by atoms with van der Waals surface area (Å²) in [4.78, 5) is 0. The van der Waals surface area contributed by atoms with Gasteiger partial charge in [-0.05, 0) is 141 Å². The zero-order valence-corrected chi connectivity index (χ0v) is 29.1. The van der Waals surface area contributed by atoms with Crippen molar-refractivity contribution in [2.24, 2.45) is 0 Å². The lowest BCUT2D eigenvalue weighted by molar-refractivity contribution is -0.188. The number of hydrogen-bond donors (Lipinski definition) is 0. The second kappa shape index (κ2) is 17.2. The highest BCUT2D eigenvalue weighted by atomic mass is 19.3. The Kier molecular flexibility index (Phi) is 14.4. The third-order valence-corrected chi connectivity index (χ3v) is 8.53. The number of halogens is 8. The highest BCUT2D eigenvalue weighted by Gasteiger charge is 2.40. The van der Waals surface area contributed by atoms with E-state index in [0.29, 0.717) is 22.3 Å². The molecular weight excluding hydrogens is 684 g/mol. The summed E-state index contributed by atoms with van der Waals surface area (Å²) < 4.78 is 117. The molecule has 0 fully saturated rings. The van der Waals surface area contributed by atoms with Crippen LogP contribution in [0.2, 0.25) is 0 Å². The molecular formula is C43H46F8O. The van der Waals surface area contributed by atoms with Crippen LogP contribution >= 0.6 is 0 Å². The largest absolute Gasteiger partial charge is 0.429 e. The van der Waals surface area contributed by atoms with Gasteiger partial charge in [0.15, 0.2) is 17.5 Å². The molecule has 280 valence electrons. The minimum Gasteiger partial charge on any atom is -0.429 e. The molecule has 0 heterocycles. The fourth-order valence-electron chi connectivity index (χ4n) is 6.25. The van der Waals surface area contributed by atoms with Crippen molar-refractivity contribution in [3.8, 4) is 28.0 Å². The number of ether oxygens (including phenoxy) is 1. The average Bonchev–Trinajstić information content (AvgIpc) is 2.97. The topological polar surface area (TPSA) is 9.23 Å². The molecule has 0 saturated carbocycles. The van der Waals surface area contributed by atoms with Gasteiger partial charge < -0.3 is 4.74 Å². The summed E-state index contributed by atoms with van der Waals surface area (Å²) in [5.41, 5.74) is 5.80. The van der Waals surface area contributed by atoms with Crippen molar-refractivity contribution >= 4 is 0 Å². The van der Waals surface area contributed by atoms with E-state index in [1.54, 1.807) is 26.8 Å². The number of alkyl halides is 2. The molecule has 5 rings (SSSR count). The van der Waals surface area contributed by atoms with Gasteiger partial charge in [0.2, 0.25) is 0 Å². The van der Waals surface area contributed by atoms with E-state index in [2.05, 4.69) is 0 Å². The normalized spacial score (nSPS) is 10.9. The lowest BCUT2D eigenvalue weighted by Crippen LogP contribution is -2.25. The zero-order valence-electron chi connectivity index (χ0n) is 29.1. The molecule has 0 aliphatic carbocycles. The number of aryl methyl sites for hydroxylation is 7. The van der Waals surface area contributed by atoms with Gasteiger partial charge in [0.25, 0.3) is 0 Å². The van der Waals surface area contributed by atoms with E-state index in [4.69, 9.17) is 4.74 Å². The molecule has 0 spiro atoms. The molecule has 0 radical (unpaired) electrons. The van der Waals surface area contributed by atoms with Crippen molar-refractivity contribution in [2.45, 2.75) is 89.2 Å². The average molecular weight is 731 g/mol. The lowest BCUT2D eigenvalue weighted by atomic mass is 9.91. The SMILES string of the molecule is C.C.CCCc1cc(C)c(-c2cc(F)c(F)c(F)c2)c(F)c1.Cc1cc(C)c(-c2cc(C)c(C(F)(F)Oc3cc(C)c(C)c(F)c3)c(F)c2)c(C)c1. The molecule has 0 atom stereocenters. The van der Waals surface area contributed by atoms with E-state index in [1.165, 1.54) is 25.1 Å². The summed E-state index contributed by atoms with van der Waals surface area (Å²) in [6.45, 7) is 14.0. The third-order valence-electron chi connectivity index (χ3n) is 8.53. The van der Waals surface area contributed by atoms with E-state index in [0.717, 1.165) is 64.9 Å². The van der Waals surface area contributed by atoms with Crippen LogP contribution in [-0.4, -0.2) is 0 Å². The van der Waals surface area contributed by atoms with Crippen LogP contribution in [0.4, 0.5) is 35.1 Å². The van der Waals surface area contributed by atoms with Crippen molar-refractivity contribution in [3.05, 3.63) is 146 Å². The Hall–Kier alpha value is -4.66. The first-order valence-corrected chi connectivity index (χ1v) is 16.0. The highest BCUT2D eigenvalue weighted by Crippen LogP contribution is 2.39. The second-order valence-electron chi connectivity index (χ2n) is 12.7. The standard InChI is InChI=1S/C25H24F4O.C16H14F4.2CH4/c1-13-7-15(3)23(16(4)8-13)19-9-17(5)24(22(27)11-19)25(28,29)30-20-10-14(2)18(6)21(26)12-20;1-3-4-10-5-9(2)15(12(17)6-10)11-7-13(18)16(20)14(19)8-11;;/h7-12H,1-6H3;5-8H,3-4H2,1-2H3;2*1H4. The first kappa shape index (κ1) is 43.5. The van der Waals surface area contributed by atoms with Crippen LogP contribution in [0.3, 0.4) is 0 Å². The van der Waals surface area contributed by atoms with Crippen LogP contribution in [0.5, 0.6) is 5.75 Å². The van der Waals surface area contributed by atoms with Crippen LogP contribution < -0.4 is 4.74 Å². The molecule has 0 N–H and O–H groups in total. The first-order chi connectivity index (χ1) is 23.3. The van der Waals surface area contributed by atoms with Crippen molar-refractivity contribution in [3.63, 3.8) is 0 Å². The lowest BCUT2D eigenvalue weighted by Gasteiger charge is -2.22. The van der Waals surface area contributed by atoms with Crippen LogP contribution in [0, 0.1) is 83.4 Å². The Morgan fingerprint density at radius 1 is 0.519 bits per heavy atom. The maximum Gasteiger partial charge on any atom is 0.429 e. The smallest absolute Gasteiger partial charge is 0.429 e. The Morgan fingerprint density at radius 2 is 1.04 bits per heavy atom. The van der Waals surface area contributed by atoms with Crippen molar-refractivity contribution < 1.29 is 39.9 Å². The summed E-state index contributed by atoms with van der Waals surface area (Å²) in [6.07, 6.45) is -2.36. The molecule has 0 aliphatic heterocycles. The predicted octanol–water partition coefficient (Wildman–Crippen LogP) is 14.1. The van der Waals surface area contributed by atoms with Gasteiger partial charge >= 0.3 is 6.11 Å². The molecule has 52 heavy (non-hydrogen) atoms. The fourth-order valence-corrected chi connectivity index (χ4v) is 6.25. The first-order valence-electron chi connectivity index (χ1n) is 16.0. The summed E-state index contributed by atoms with van der Waals surface area (Å²) in [7, 11) is 0. The fraction of sp³-hybridized carbons (Fsp3) is 0.302. The number of benzene rings is 5. The molecule has 0 bridgehead atoms. The summed E-state index contributed by atoms with van der Waals surface area (Å²) in [5, 5.41) is 0. The van der Waals surface area contributed by atoms with E-state index < -0.39 is 46.6 Å². The van der Waals surface area contributed by atoms with Crippen molar-refractivity contribution in [2.75, 3.05) is 0 Å². The molecule has 0 saturated heterocycles. The molecule has 5 aromatic carbocycles. The minimum atomic E-state index is -3.96. The molecule has 0 unspecified atom stereocenters. The molecule has 5 aromatic rings. The maximum atomic E-state index is 14.9. The van der Waals surface area contributed by atoms with Gasteiger partial charge in [0.1, 0.15) is 28.8 Å². The summed E-state index contributed by atoms with van der Waals surface area (Å²) in [5.74, 6) is -6.83. The van der Waals surface area contributed by atoms with Gasteiger partial charge in [0, 0.05) is 11.6 Å². The van der Waals surface area contributed by atoms with Crippen molar-refractivity contribution in [1.82, 2.24) is 0 Å². The quantitative estimate of drug-likeness (QED) is 0.120. The molecule has 1 nitrogen and oxygen atoms in total. The number of hydrogen-bond acceptors (Lipinski definition) is 1. The van der Waals surface area contributed by atoms with Gasteiger partial charge in [0.05, 0.1) is 0 Å². The van der Waals surface area contributed by atoms with Crippen LogP contribution in [0.25, 0.3) is 22.3 Å². The molecule has 0 amide bonds. The molecule has 9 heteroatoms. The highest BCUT2D eigenvalue weighted by molar-refractivity contribution is 5.72. The summed E-state index contributed by atoms with van der Waals surface area (Å²) in [6, 6.07) is 13.5. The second-order valence-corrected chi connectivity index (χ2v) is 12.7. The Bertz CT molecular complexity index is 1950. The van der Waals surface area contributed by atoms with Crippen LogP contribution in [0.15, 0.2) is 60.7 Å². The van der Waals surface area contributed by atoms with Gasteiger partial charge in [-0.15, -0.1) is 0 Å². The monoisotopic (exact) mass is 730 g/mol. The molecule has 0 aromatic heterocycles. The molecule has 0 aliphatic rings. The van der Waals surface area contributed by atoms with Crippen molar-refractivity contribution in [1.29, 1.82) is 0 Å². The Balaban J connectivity index is 0.000000373. The number of rotatable bonds is 7. The van der Waals surface area contributed by atoms with Crippen LogP contribution in [0.1, 0.15) is 78.3 Å². The zero-order chi connectivity index (χ0) is 37.2. The van der Waals surface area contributed by atoms with E-state index >= 15 is 0 Å². The van der Waals surface area contributed by atoms with E-state index in [9.17, 15) is 35.1 Å². The predicted molar refractivity (Wildman–Crippen MR) is 195 cm³/mol. The van der Waals surface area contributed by atoms with E-state index in [-0.39, 0.29) is 37.3 Å². The maximum absolute atomic E-state index is 14.9. The Morgan fingerprint density at radius 3 is 1.54 bits per heavy atom. The third kappa shape index (κ3) is 9.41. The van der Waals surface area contributed by atoms with Gasteiger partial charge in [-0.1, -0.05) is 58.0 Å². The minimum absolute atomic E-state index is 0. The van der Waals surface area contributed by atoms with Gasteiger partial charge in [-0.25, -0.2) is 26.3 Å². The summed E-state index contributed by atoms with van der Waals surface area (Å²) >= 11 is 0. The Labute approximate surface area is 302 Å². The van der Waals surface area contributed by atoms with Crippen LogP contribution in [-0.2, 0) is 12.5 Å². The van der Waals surface area contributed by atoms with Gasteiger partial charge in [-0.3, -0.25) is 0 Å². The van der Waals surface area contributed by atoms with E-state index in [1.807, 2.05) is 39.8 Å². The van der Waals surface area contributed by atoms with Gasteiger partial charge in [-0.2, -0.15) is 8.78 Å².